The van der Waals surface area contributed by atoms with Crippen LogP contribution >= 0.6 is 0 Å². The summed E-state index contributed by atoms with van der Waals surface area (Å²) in [5, 5.41) is 4.27. The number of nitrogens with one attached hydrogen (secondary N) is 2. The first kappa shape index (κ1) is 19.7. The molecule has 2 N–H and O–H groups in total. The summed E-state index contributed by atoms with van der Waals surface area (Å²) in [5.74, 6) is 0.0623. The summed E-state index contributed by atoms with van der Waals surface area (Å²) in [7, 11) is 2.18. The second-order valence-corrected chi connectivity index (χ2v) is 8.08. The van der Waals surface area contributed by atoms with Crippen LogP contribution in [-0.4, -0.2) is 53.9 Å². The largest absolute Gasteiger partial charge is 0.358 e. The molecule has 0 saturated carbocycles. The Hall–Kier alpha value is -2.63. The lowest BCUT2D eigenvalue weighted by Crippen LogP contribution is -2.44. The van der Waals surface area contributed by atoms with E-state index in [1.165, 1.54) is 11.1 Å². The fourth-order valence-corrected chi connectivity index (χ4v) is 4.11. The third kappa shape index (κ3) is 4.69. The van der Waals surface area contributed by atoms with Gasteiger partial charge in [0.2, 0.25) is 5.91 Å². The van der Waals surface area contributed by atoms with Gasteiger partial charge in [0, 0.05) is 55.9 Å². The third-order valence-electron chi connectivity index (χ3n) is 5.95. The fourth-order valence-electron chi connectivity index (χ4n) is 4.11. The van der Waals surface area contributed by atoms with E-state index in [1.54, 1.807) is 0 Å². The first-order chi connectivity index (χ1) is 14.1. The molecule has 0 aliphatic carbocycles. The highest BCUT2D eigenvalue weighted by Gasteiger charge is 2.16. The van der Waals surface area contributed by atoms with E-state index in [0.29, 0.717) is 13.0 Å². The van der Waals surface area contributed by atoms with Crippen LogP contribution in [0.2, 0.25) is 0 Å². The van der Waals surface area contributed by atoms with Gasteiger partial charge >= 0.3 is 0 Å². The van der Waals surface area contributed by atoms with Crippen LogP contribution in [0.1, 0.15) is 22.4 Å². The highest BCUT2D eigenvalue weighted by Crippen LogP contribution is 2.22. The Labute approximate surface area is 172 Å². The van der Waals surface area contributed by atoms with Crippen LogP contribution < -0.4 is 5.32 Å². The van der Waals surface area contributed by atoms with Gasteiger partial charge in [0.05, 0.1) is 6.42 Å². The first-order valence-electron chi connectivity index (χ1n) is 10.4. The molecule has 1 saturated heterocycles. The van der Waals surface area contributed by atoms with Crippen molar-refractivity contribution >= 4 is 16.8 Å². The number of carbonyl (C=O) groups excluding carboxylic acids is 1. The van der Waals surface area contributed by atoms with Gasteiger partial charge in [-0.25, -0.2) is 0 Å². The Kier molecular flexibility index (Phi) is 5.97. The molecule has 1 aliphatic rings. The molecule has 5 heteroatoms. The molecule has 0 unspecified atom stereocenters. The van der Waals surface area contributed by atoms with Crippen LogP contribution in [0.4, 0.5) is 0 Å². The third-order valence-corrected chi connectivity index (χ3v) is 5.95. The lowest BCUT2D eigenvalue weighted by atomic mass is 10.1. The van der Waals surface area contributed by atoms with Gasteiger partial charge in [-0.1, -0.05) is 42.5 Å². The smallest absolute Gasteiger partial charge is 0.224 e. The number of fused-ring (bicyclic) bond motifs is 1. The van der Waals surface area contributed by atoms with Gasteiger partial charge in [0.1, 0.15) is 0 Å². The highest BCUT2D eigenvalue weighted by atomic mass is 16.1. The number of rotatable bonds is 6. The number of benzene rings is 2. The van der Waals surface area contributed by atoms with Gasteiger partial charge in [0.25, 0.3) is 0 Å². The average Bonchev–Trinajstić information content (AvgIpc) is 3.04. The lowest BCUT2D eigenvalue weighted by molar-refractivity contribution is -0.120. The zero-order chi connectivity index (χ0) is 20.2. The number of carbonyl (C=O) groups is 1. The number of amides is 1. The molecule has 4 rings (SSSR count). The summed E-state index contributed by atoms with van der Waals surface area (Å²) in [4.78, 5) is 20.9. The van der Waals surface area contributed by atoms with E-state index in [0.717, 1.165) is 54.9 Å². The Morgan fingerprint density at radius 2 is 1.69 bits per heavy atom. The monoisotopic (exact) mass is 390 g/mol. The van der Waals surface area contributed by atoms with Crippen molar-refractivity contribution in [3.63, 3.8) is 0 Å². The van der Waals surface area contributed by atoms with E-state index >= 15 is 0 Å². The molecule has 29 heavy (non-hydrogen) atoms. The minimum Gasteiger partial charge on any atom is -0.358 e. The van der Waals surface area contributed by atoms with Crippen molar-refractivity contribution in [3.05, 3.63) is 70.9 Å². The molecular weight excluding hydrogens is 360 g/mol. The molecular formula is C24H30N4O. The molecule has 1 aromatic heterocycles. The van der Waals surface area contributed by atoms with Gasteiger partial charge in [-0.3, -0.25) is 9.69 Å². The number of aromatic nitrogens is 1. The summed E-state index contributed by atoms with van der Waals surface area (Å²) in [6.07, 6.45) is 0.399. The summed E-state index contributed by atoms with van der Waals surface area (Å²) in [6, 6.07) is 16.6. The average molecular weight is 391 g/mol. The molecule has 1 aliphatic heterocycles. The minimum absolute atomic E-state index is 0.0623. The van der Waals surface area contributed by atoms with Gasteiger partial charge < -0.3 is 15.2 Å². The number of likely N-dealkylation sites (N-methyl/N-ethyl adjacent to an activating group) is 1. The van der Waals surface area contributed by atoms with Gasteiger partial charge in [-0.05, 0) is 36.7 Å². The van der Waals surface area contributed by atoms with E-state index < -0.39 is 0 Å². The molecule has 0 spiro atoms. The van der Waals surface area contributed by atoms with Crippen LogP contribution in [0, 0.1) is 6.92 Å². The van der Waals surface area contributed by atoms with E-state index in [9.17, 15) is 4.79 Å². The van der Waals surface area contributed by atoms with Crippen LogP contribution in [0.5, 0.6) is 0 Å². The SMILES string of the molecule is Cc1[nH]c2ccccc2c1CC(=O)NCc1ccccc1CN1CCN(C)CC1. The molecule has 152 valence electrons. The Morgan fingerprint density at radius 1 is 1.00 bits per heavy atom. The molecule has 0 atom stereocenters. The zero-order valence-corrected chi connectivity index (χ0v) is 17.4. The standard InChI is InChI=1S/C24H30N4O/c1-18-22(21-9-5-6-10-23(21)26-18)15-24(29)25-16-19-7-3-4-8-20(19)17-28-13-11-27(2)12-14-28/h3-10,26H,11-17H2,1-2H3,(H,25,29). The maximum absolute atomic E-state index is 12.7. The second kappa shape index (κ2) is 8.80. The van der Waals surface area contributed by atoms with Crippen molar-refractivity contribution in [1.29, 1.82) is 0 Å². The fraction of sp³-hybridized carbons (Fsp3) is 0.375. The van der Waals surface area contributed by atoms with Gasteiger partial charge in [-0.15, -0.1) is 0 Å². The van der Waals surface area contributed by atoms with Crippen LogP contribution in [0.15, 0.2) is 48.5 Å². The van der Waals surface area contributed by atoms with Gasteiger partial charge in [0.15, 0.2) is 0 Å². The number of piperazine rings is 1. The quantitative estimate of drug-likeness (QED) is 0.680. The lowest BCUT2D eigenvalue weighted by Gasteiger charge is -2.32. The molecule has 5 nitrogen and oxygen atoms in total. The van der Waals surface area contributed by atoms with Crippen LogP contribution in [-0.2, 0) is 24.3 Å². The summed E-state index contributed by atoms with van der Waals surface area (Å²) in [5.41, 5.74) is 5.75. The molecule has 2 aromatic carbocycles. The number of hydrogen-bond donors (Lipinski definition) is 2. The number of nitrogens with zero attached hydrogens (tertiary/aromatic N) is 2. The second-order valence-electron chi connectivity index (χ2n) is 8.08. The Balaban J connectivity index is 1.39. The molecule has 1 amide bonds. The zero-order valence-electron chi connectivity index (χ0n) is 17.4. The van der Waals surface area contributed by atoms with Gasteiger partial charge in [-0.2, -0.15) is 0 Å². The Morgan fingerprint density at radius 3 is 2.48 bits per heavy atom. The predicted octanol–water partition coefficient (Wildman–Crippen LogP) is 3.08. The molecule has 1 fully saturated rings. The maximum Gasteiger partial charge on any atom is 0.224 e. The summed E-state index contributed by atoms with van der Waals surface area (Å²) >= 11 is 0. The number of hydrogen-bond acceptors (Lipinski definition) is 3. The number of aromatic amines is 1. The number of H-pyrrole nitrogens is 1. The van der Waals surface area contributed by atoms with Crippen molar-refractivity contribution in [2.45, 2.75) is 26.4 Å². The normalized spacial score (nSPS) is 15.7. The molecule has 2 heterocycles. The molecule has 0 bridgehead atoms. The first-order valence-corrected chi connectivity index (χ1v) is 10.4. The summed E-state index contributed by atoms with van der Waals surface area (Å²) < 4.78 is 0. The van der Waals surface area contributed by atoms with E-state index in [-0.39, 0.29) is 5.91 Å². The van der Waals surface area contributed by atoms with Crippen molar-refractivity contribution in [3.8, 4) is 0 Å². The number of aryl methyl sites for hydroxylation is 1. The van der Waals surface area contributed by atoms with Crippen LogP contribution in [0.25, 0.3) is 10.9 Å². The predicted molar refractivity (Wildman–Crippen MR) is 118 cm³/mol. The molecule has 3 aromatic rings. The summed E-state index contributed by atoms with van der Waals surface area (Å²) in [6.45, 7) is 7.97. The van der Waals surface area contributed by atoms with Crippen molar-refractivity contribution in [1.82, 2.24) is 20.1 Å². The van der Waals surface area contributed by atoms with E-state index in [2.05, 4.69) is 63.5 Å². The van der Waals surface area contributed by atoms with Crippen LogP contribution in [0.3, 0.4) is 0 Å². The van der Waals surface area contributed by atoms with E-state index in [1.807, 2.05) is 19.1 Å². The van der Waals surface area contributed by atoms with E-state index in [4.69, 9.17) is 0 Å². The highest BCUT2D eigenvalue weighted by molar-refractivity contribution is 5.90. The van der Waals surface area contributed by atoms with Crippen molar-refractivity contribution < 1.29 is 4.79 Å². The topological polar surface area (TPSA) is 51.4 Å². The minimum atomic E-state index is 0.0623. The number of para-hydroxylation sites is 1. The Bertz CT molecular complexity index is 985. The maximum atomic E-state index is 12.7. The van der Waals surface area contributed by atoms with Crippen molar-refractivity contribution in [2.75, 3.05) is 33.2 Å². The van der Waals surface area contributed by atoms with Crippen molar-refractivity contribution in [2.24, 2.45) is 0 Å². The molecule has 0 radical (unpaired) electrons.